The fraction of sp³-hybridized carbons (Fsp3) is 0.500. The Morgan fingerprint density at radius 3 is 2.48 bits per heavy atom. The lowest BCUT2D eigenvalue weighted by atomic mass is 10.1. The van der Waals surface area contributed by atoms with E-state index in [4.69, 9.17) is 9.26 Å². The summed E-state index contributed by atoms with van der Waals surface area (Å²) >= 11 is 0. The number of aryl methyl sites for hydroxylation is 2. The summed E-state index contributed by atoms with van der Waals surface area (Å²) in [5.74, 6) is 1.63. The second-order valence-corrected chi connectivity index (χ2v) is 6.65. The maximum atomic E-state index is 12.8. The van der Waals surface area contributed by atoms with Crippen LogP contribution in [-0.4, -0.2) is 28.6 Å². The number of amides is 1. The first kappa shape index (κ1) is 17.5. The third-order valence-corrected chi connectivity index (χ3v) is 5.03. The van der Waals surface area contributed by atoms with Crippen molar-refractivity contribution in [3.8, 4) is 5.75 Å². The van der Waals surface area contributed by atoms with E-state index in [2.05, 4.69) is 12.1 Å². The van der Waals surface area contributed by atoms with Gasteiger partial charge in [-0.05, 0) is 57.9 Å². The van der Waals surface area contributed by atoms with Gasteiger partial charge in [0.1, 0.15) is 18.1 Å². The van der Waals surface area contributed by atoms with Crippen LogP contribution in [0.15, 0.2) is 28.8 Å². The van der Waals surface area contributed by atoms with Gasteiger partial charge in [0.2, 0.25) is 0 Å². The molecule has 1 aliphatic rings. The van der Waals surface area contributed by atoms with Crippen molar-refractivity contribution in [2.75, 3.05) is 6.54 Å². The molecule has 2 aromatic rings. The fourth-order valence-electron chi connectivity index (χ4n) is 3.51. The maximum Gasteiger partial charge on any atom is 0.254 e. The summed E-state index contributed by atoms with van der Waals surface area (Å²) in [6, 6.07) is 7.81. The van der Waals surface area contributed by atoms with E-state index in [1.54, 1.807) is 0 Å². The topological polar surface area (TPSA) is 55.6 Å². The van der Waals surface area contributed by atoms with Crippen LogP contribution in [-0.2, 0) is 6.61 Å². The lowest BCUT2D eigenvalue weighted by Gasteiger charge is -2.27. The minimum absolute atomic E-state index is 0.117. The van der Waals surface area contributed by atoms with Crippen molar-refractivity contribution in [3.63, 3.8) is 0 Å². The molecular weight excluding hydrogens is 316 g/mol. The van der Waals surface area contributed by atoms with Crippen LogP contribution in [0, 0.1) is 13.8 Å². The minimum atomic E-state index is 0.117. The Morgan fingerprint density at radius 1 is 1.24 bits per heavy atom. The smallest absolute Gasteiger partial charge is 0.254 e. The number of nitrogens with zero attached hydrogens (tertiary/aromatic N) is 2. The quantitative estimate of drug-likeness (QED) is 0.786. The number of carbonyl (C=O) groups is 1. The molecule has 134 valence electrons. The lowest BCUT2D eigenvalue weighted by Crippen LogP contribution is -2.38. The molecule has 5 nitrogen and oxygen atoms in total. The lowest BCUT2D eigenvalue weighted by molar-refractivity contribution is 0.0693. The number of aromatic nitrogens is 1. The first-order valence-electron chi connectivity index (χ1n) is 9.05. The summed E-state index contributed by atoms with van der Waals surface area (Å²) in [5.41, 5.74) is 2.54. The average Bonchev–Trinajstić information content (AvgIpc) is 3.25. The van der Waals surface area contributed by atoms with Crippen molar-refractivity contribution < 1.29 is 14.1 Å². The second-order valence-electron chi connectivity index (χ2n) is 6.65. The van der Waals surface area contributed by atoms with Gasteiger partial charge in [-0.2, -0.15) is 0 Å². The highest BCUT2D eigenvalue weighted by Crippen LogP contribution is 2.25. The third-order valence-electron chi connectivity index (χ3n) is 5.03. The van der Waals surface area contributed by atoms with Crippen molar-refractivity contribution in [2.45, 2.75) is 59.1 Å². The van der Waals surface area contributed by atoms with E-state index in [1.165, 1.54) is 12.8 Å². The minimum Gasteiger partial charge on any atom is -0.489 e. The molecule has 25 heavy (non-hydrogen) atoms. The van der Waals surface area contributed by atoms with Crippen LogP contribution < -0.4 is 4.74 Å². The molecule has 1 aliphatic carbocycles. The van der Waals surface area contributed by atoms with Gasteiger partial charge in [0, 0.05) is 18.2 Å². The number of ether oxygens (including phenoxy) is 1. The first-order valence-corrected chi connectivity index (χ1v) is 9.05. The van der Waals surface area contributed by atoms with Gasteiger partial charge in [-0.1, -0.05) is 18.0 Å². The Kier molecular flexibility index (Phi) is 5.41. The van der Waals surface area contributed by atoms with Crippen molar-refractivity contribution in [2.24, 2.45) is 0 Å². The van der Waals surface area contributed by atoms with E-state index in [0.29, 0.717) is 12.6 Å². The van der Waals surface area contributed by atoms with Crippen LogP contribution in [0.5, 0.6) is 5.75 Å². The summed E-state index contributed by atoms with van der Waals surface area (Å²) in [6.07, 6.45) is 4.70. The van der Waals surface area contributed by atoms with E-state index < -0.39 is 0 Å². The molecule has 0 bridgehead atoms. The van der Waals surface area contributed by atoms with E-state index in [0.717, 1.165) is 47.7 Å². The summed E-state index contributed by atoms with van der Waals surface area (Å²) in [6.45, 7) is 7.00. The second kappa shape index (κ2) is 7.72. The molecule has 0 atom stereocenters. The third kappa shape index (κ3) is 3.86. The van der Waals surface area contributed by atoms with Crippen LogP contribution >= 0.6 is 0 Å². The normalized spacial score (nSPS) is 14.7. The van der Waals surface area contributed by atoms with Gasteiger partial charge >= 0.3 is 0 Å². The molecule has 0 saturated heterocycles. The SMILES string of the molecule is CCN(C(=O)c1ccc(OCc2c(C)noc2C)cc1)C1CCCC1. The monoisotopic (exact) mass is 342 g/mol. The highest BCUT2D eigenvalue weighted by molar-refractivity contribution is 5.94. The van der Waals surface area contributed by atoms with E-state index in [9.17, 15) is 4.79 Å². The molecule has 0 radical (unpaired) electrons. The zero-order chi connectivity index (χ0) is 17.8. The molecule has 0 unspecified atom stereocenters. The van der Waals surface area contributed by atoms with Crippen molar-refractivity contribution in [3.05, 3.63) is 46.8 Å². The Balaban J connectivity index is 1.64. The Morgan fingerprint density at radius 2 is 1.92 bits per heavy atom. The molecule has 0 aliphatic heterocycles. The number of rotatable bonds is 6. The highest BCUT2D eigenvalue weighted by Gasteiger charge is 2.26. The molecular formula is C20H26N2O3. The molecule has 1 saturated carbocycles. The van der Waals surface area contributed by atoms with Gasteiger partial charge < -0.3 is 14.2 Å². The molecule has 3 rings (SSSR count). The summed E-state index contributed by atoms with van der Waals surface area (Å²) in [5, 5.41) is 3.93. The number of hydrogen-bond donors (Lipinski definition) is 0. The van der Waals surface area contributed by atoms with Crippen LogP contribution in [0.3, 0.4) is 0 Å². The molecule has 1 aromatic carbocycles. The van der Waals surface area contributed by atoms with E-state index in [-0.39, 0.29) is 5.91 Å². The molecule has 5 heteroatoms. The first-order chi connectivity index (χ1) is 12.1. The largest absolute Gasteiger partial charge is 0.489 e. The average molecular weight is 342 g/mol. The summed E-state index contributed by atoms with van der Waals surface area (Å²) < 4.78 is 10.9. The maximum absolute atomic E-state index is 12.8. The van der Waals surface area contributed by atoms with Gasteiger partial charge in [-0.3, -0.25) is 4.79 Å². The molecule has 1 fully saturated rings. The standard InChI is InChI=1S/C20H26N2O3/c1-4-22(17-7-5-6-8-17)20(23)16-9-11-18(12-10-16)24-13-19-14(2)21-25-15(19)3/h9-12,17H,4-8,13H2,1-3H3. The predicted octanol–water partition coefficient (Wildman–Crippen LogP) is 4.28. The van der Waals surface area contributed by atoms with Gasteiger partial charge in [0.05, 0.1) is 11.3 Å². The Labute approximate surface area is 148 Å². The zero-order valence-electron chi connectivity index (χ0n) is 15.2. The van der Waals surface area contributed by atoms with Gasteiger partial charge in [0.15, 0.2) is 0 Å². The Bertz CT molecular complexity index is 696. The molecule has 1 heterocycles. The van der Waals surface area contributed by atoms with Crippen LogP contribution in [0.2, 0.25) is 0 Å². The highest BCUT2D eigenvalue weighted by atomic mass is 16.5. The molecule has 0 spiro atoms. The summed E-state index contributed by atoms with van der Waals surface area (Å²) in [7, 11) is 0. The van der Waals surface area contributed by atoms with E-state index >= 15 is 0 Å². The predicted molar refractivity (Wildman–Crippen MR) is 95.7 cm³/mol. The Hall–Kier alpha value is -2.30. The van der Waals surface area contributed by atoms with Crippen molar-refractivity contribution in [1.29, 1.82) is 0 Å². The number of benzene rings is 1. The molecule has 1 amide bonds. The zero-order valence-corrected chi connectivity index (χ0v) is 15.2. The fourth-order valence-corrected chi connectivity index (χ4v) is 3.51. The number of carbonyl (C=O) groups excluding carboxylic acids is 1. The summed E-state index contributed by atoms with van der Waals surface area (Å²) in [4.78, 5) is 14.8. The van der Waals surface area contributed by atoms with Gasteiger partial charge in [-0.25, -0.2) is 0 Å². The van der Waals surface area contributed by atoms with Gasteiger partial charge in [0.25, 0.3) is 5.91 Å². The van der Waals surface area contributed by atoms with Crippen LogP contribution in [0.25, 0.3) is 0 Å². The van der Waals surface area contributed by atoms with Crippen LogP contribution in [0.1, 0.15) is 60.0 Å². The van der Waals surface area contributed by atoms with Crippen molar-refractivity contribution >= 4 is 5.91 Å². The number of hydrogen-bond acceptors (Lipinski definition) is 4. The van der Waals surface area contributed by atoms with Gasteiger partial charge in [-0.15, -0.1) is 0 Å². The van der Waals surface area contributed by atoms with Crippen LogP contribution in [0.4, 0.5) is 0 Å². The molecule has 1 aromatic heterocycles. The molecule has 0 N–H and O–H groups in total. The van der Waals surface area contributed by atoms with E-state index in [1.807, 2.05) is 43.0 Å². The van der Waals surface area contributed by atoms with Crippen molar-refractivity contribution in [1.82, 2.24) is 10.1 Å².